The van der Waals surface area contributed by atoms with Crippen LogP contribution in [0.3, 0.4) is 0 Å². The SMILES string of the molecule is O=C(Nc1nc2ccccc2s1)C1CCN(S(=O)(=O)c2c(Cl)cccc2Cl)CC1. The Kier molecular flexibility index (Phi) is 5.81. The van der Waals surface area contributed by atoms with Crippen molar-refractivity contribution in [1.29, 1.82) is 0 Å². The van der Waals surface area contributed by atoms with Crippen molar-refractivity contribution in [1.82, 2.24) is 9.29 Å². The van der Waals surface area contributed by atoms with Crippen molar-refractivity contribution in [2.45, 2.75) is 17.7 Å². The number of sulfonamides is 1. The summed E-state index contributed by atoms with van der Waals surface area (Å²) in [6.45, 7) is 0.448. The maximum atomic E-state index is 12.9. The van der Waals surface area contributed by atoms with Gasteiger partial charge < -0.3 is 5.32 Å². The van der Waals surface area contributed by atoms with E-state index in [1.54, 1.807) is 6.07 Å². The van der Waals surface area contributed by atoms with Crippen LogP contribution in [0.15, 0.2) is 47.4 Å². The summed E-state index contributed by atoms with van der Waals surface area (Å²) < 4.78 is 28.2. The number of amides is 1. The summed E-state index contributed by atoms with van der Waals surface area (Å²) in [5.74, 6) is -0.424. The number of para-hydroxylation sites is 1. The standard InChI is InChI=1S/C19H17Cl2N3O3S2/c20-13-4-3-5-14(21)17(13)29(26,27)24-10-8-12(9-11-24)18(25)23-19-22-15-6-1-2-7-16(15)28-19/h1-7,12H,8-11H2,(H,22,23,25). The van der Waals surface area contributed by atoms with Gasteiger partial charge in [-0.1, -0.05) is 52.7 Å². The number of carbonyl (C=O) groups excluding carboxylic acids is 1. The fraction of sp³-hybridized carbons (Fsp3) is 0.263. The average molecular weight is 470 g/mol. The third-order valence-electron chi connectivity index (χ3n) is 4.87. The number of halogens is 2. The number of piperidine rings is 1. The Balaban J connectivity index is 1.43. The van der Waals surface area contributed by atoms with Crippen molar-refractivity contribution >= 4 is 65.8 Å². The summed E-state index contributed by atoms with van der Waals surface area (Å²) in [4.78, 5) is 17.0. The van der Waals surface area contributed by atoms with E-state index in [2.05, 4.69) is 10.3 Å². The van der Waals surface area contributed by atoms with Gasteiger partial charge >= 0.3 is 0 Å². The van der Waals surface area contributed by atoms with E-state index < -0.39 is 10.0 Å². The first-order chi connectivity index (χ1) is 13.9. The lowest BCUT2D eigenvalue weighted by Gasteiger charge is -2.30. The number of carbonyl (C=O) groups is 1. The minimum absolute atomic E-state index is 0.0827. The molecule has 6 nitrogen and oxygen atoms in total. The molecule has 2 heterocycles. The summed E-state index contributed by atoms with van der Waals surface area (Å²) in [6.07, 6.45) is 0.829. The summed E-state index contributed by atoms with van der Waals surface area (Å²) in [6, 6.07) is 12.3. The van der Waals surface area contributed by atoms with Gasteiger partial charge in [-0.2, -0.15) is 4.31 Å². The third kappa shape index (κ3) is 4.13. The maximum Gasteiger partial charge on any atom is 0.246 e. The molecular formula is C19H17Cl2N3O3S2. The second-order valence-electron chi connectivity index (χ2n) is 6.71. The van der Waals surface area contributed by atoms with Crippen LogP contribution in [-0.2, 0) is 14.8 Å². The fourth-order valence-electron chi connectivity index (χ4n) is 3.35. The number of hydrogen-bond donors (Lipinski definition) is 1. The molecule has 1 aromatic heterocycles. The number of hydrogen-bond acceptors (Lipinski definition) is 5. The molecule has 0 bridgehead atoms. The number of nitrogens with one attached hydrogen (secondary N) is 1. The van der Waals surface area contributed by atoms with E-state index in [0.717, 1.165) is 10.2 Å². The largest absolute Gasteiger partial charge is 0.302 e. The van der Waals surface area contributed by atoms with Gasteiger partial charge in [0.1, 0.15) is 4.90 Å². The first kappa shape index (κ1) is 20.6. The number of fused-ring (bicyclic) bond motifs is 1. The normalized spacial score (nSPS) is 16.2. The summed E-state index contributed by atoms with van der Waals surface area (Å²) in [7, 11) is -3.82. The molecule has 29 heavy (non-hydrogen) atoms. The Morgan fingerprint density at radius 1 is 1.07 bits per heavy atom. The van der Waals surface area contributed by atoms with E-state index in [0.29, 0.717) is 18.0 Å². The summed E-state index contributed by atoms with van der Waals surface area (Å²) >= 11 is 13.6. The molecule has 1 saturated heterocycles. The van der Waals surface area contributed by atoms with Crippen LogP contribution >= 0.6 is 34.5 Å². The van der Waals surface area contributed by atoms with Crippen LogP contribution in [0.2, 0.25) is 10.0 Å². The Bertz CT molecular complexity index is 1120. The lowest BCUT2D eigenvalue weighted by atomic mass is 9.97. The second kappa shape index (κ2) is 8.20. The van der Waals surface area contributed by atoms with Crippen LogP contribution in [-0.4, -0.2) is 36.7 Å². The second-order valence-corrected chi connectivity index (χ2v) is 10.4. The van der Waals surface area contributed by atoms with E-state index in [-0.39, 0.29) is 39.9 Å². The molecule has 2 aromatic carbocycles. The number of anilines is 1. The highest BCUT2D eigenvalue weighted by Crippen LogP contribution is 2.34. The molecule has 0 saturated carbocycles. The average Bonchev–Trinajstić information content (AvgIpc) is 3.10. The third-order valence-corrected chi connectivity index (χ3v) is 8.67. The van der Waals surface area contributed by atoms with Crippen molar-refractivity contribution < 1.29 is 13.2 Å². The van der Waals surface area contributed by atoms with Crippen LogP contribution in [0, 0.1) is 5.92 Å². The molecule has 0 atom stereocenters. The number of nitrogens with zero attached hydrogens (tertiary/aromatic N) is 2. The van der Waals surface area contributed by atoms with Gasteiger partial charge in [0.15, 0.2) is 5.13 Å². The molecule has 0 aliphatic carbocycles. The van der Waals surface area contributed by atoms with Gasteiger partial charge in [0.2, 0.25) is 15.9 Å². The lowest BCUT2D eigenvalue weighted by molar-refractivity contribution is -0.120. The first-order valence-corrected chi connectivity index (χ1v) is 12.0. The van der Waals surface area contributed by atoms with Gasteiger partial charge in [-0.05, 0) is 37.1 Å². The monoisotopic (exact) mass is 469 g/mol. The minimum Gasteiger partial charge on any atom is -0.302 e. The number of benzene rings is 2. The minimum atomic E-state index is -3.82. The van der Waals surface area contributed by atoms with Gasteiger partial charge in [0, 0.05) is 19.0 Å². The Hall–Kier alpha value is -1.71. The molecule has 1 N–H and O–H groups in total. The molecule has 1 amide bonds. The first-order valence-electron chi connectivity index (χ1n) is 8.97. The highest BCUT2D eigenvalue weighted by molar-refractivity contribution is 7.89. The lowest BCUT2D eigenvalue weighted by Crippen LogP contribution is -2.41. The topological polar surface area (TPSA) is 79.4 Å². The summed E-state index contributed by atoms with van der Waals surface area (Å²) in [5.41, 5.74) is 0.838. The molecule has 0 unspecified atom stereocenters. The number of rotatable bonds is 4. The fourth-order valence-corrected chi connectivity index (χ4v) is 6.78. The highest BCUT2D eigenvalue weighted by Gasteiger charge is 2.34. The molecule has 3 aromatic rings. The predicted molar refractivity (Wildman–Crippen MR) is 116 cm³/mol. The van der Waals surface area contributed by atoms with E-state index >= 15 is 0 Å². The molecule has 1 aliphatic rings. The van der Waals surface area contributed by atoms with Gasteiger partial charge in [-0.15, -0.1) is 0 Å². The van der Waals surface area contributed by atoms with Gasteiger partial charge in [0.25, 0.3) is 0 Å². The zero-order valence-electron chi connectivity index (χ0n) is 15.1. The number of thiazole rings is 1. The van der Waals surface area contributed by atoms with Crippen molar-refractivity contribution in [2.75, 3.05) is 18.4 Å². The van der Waals surface area contributed by atoms with Crippen molar-refractivity contribution in [3.8, 4) is 0 Å². The number of aromatic nitrogens is 1. The van der Waals surface area contributed by atoms with Crippen LogP contribution < -0.4 is 5.32 Å². The zero-order chi connectivity index (χ0) is 20.6. The quantitative estimate of drug-likeness (QED) is 0.603. The summed E-state index contributed by atoms with van der Waals surface area (Å²) in [5, 5.41) is 3.59. The van der Waals surface area contributed by atoms with Gasteiger partial charge in [-0.25, -0.2) is 13.4 Å². The Morgan fingerprint density at radius 2 is 1.72 bits per heavy atom. The molecule has 4 rings (SSSR count). The molecule has 0 spiro atoms. The van der Waals surface area contributed by atoms with Crippen LogP contribution in [0.4, 0.5) is 5.13 Å². The highest BCUT2D eigenvalue weighted by atomic mass is 35.5. The van der Waals surface area contributed by atoms with Crippen LogP contribution in [0.5, 0.6) is 0 Å². The van der Waals surface area contributed by atoms with Crippen LogP contribution in [0.25, 0.3) is 10.2 Å². The molecule has 1 fully saturated rings. The smallest absolute Gasteiger partial charge is 0.246 e. The van der Waals surface area contributed by atoms with E-state index in [1.807, 2.05) is 24.3 Å². The van der Waals surface area contributed by atoms with E-state index in [4.69, 9.17) is 23.2 Å². The maximum absolute atomic E-state index is 12.9. The molecular weight excluding hydrogens is 453 g/mol. The van der Waals surface area contributed by atoms with Crippen LogP contribution in [0.1, 0.15) is 12.8 Å². The van der Waals surface area contributed by atoms with Crippen molar-refractivity contribution in [2.24, 2.45) is 5.92 Å². The van der Waals surface area contributed by atoms with E-state index in [9.17, 15) is 13.2 Å². The van der Waals surface area contributed by atoms with Gasteiger partial charge in [0.05, 0.1) is 20.3 Å². The van der Waals surface area contributed by atoms with E-state index in [1.165, 1.54) is 27.8 Å². The molecule has 152 valence electrons. The predicted octanol–water partition coefficient (Wildman–Crippen LogP) is 4.64. The Labute approximate surface area is 182 Å². The Morgan fingerprint density at radius 3 is 2.38 bits per heavy atom. The molecule has 10 heteroatoms. The van der Waals surface area contributed by atoms with Crippen molar-refractivity contribution in [3.63, 3.8) is 0 Å². The zero-order valence-corrected chi connectivity index (χ0v) is 18.3. The molecule has 0 radical (unpaired) electrons. The van der Waals surface area contributed by atoms with Crippen molar-refractivity contribution in [3.05, 3.63) is 52.5 Å². The van der Waals surface area contributed by atoms with Gasteiger partial charge in [-0.3, -0.25) is 4.79 Å². The molecule has 1 aliphatic heterocycles.